The Labute approximate surface area is 155 Å². The summed E-state index contributed by atoms with van der Waals surface area (Å²) in [6.07, 6.45) is 4.52. The van der Waals surface area contributed by atoms with Crippen LogP contribution in [0.2, 0.25) is 0 Å². The highest BCUT2D eigenvalue weighted by molar-refractivity contribution is 7.87. The van der Waals surface area contributed by atoms with Crippen molar-refractivity contribution in [1.29, 1.82) is 0 Å². The first-order valence-electron chi connectivity index (χ1n) is 8.73. The molecule has 140 valence electrons. The average molecular weight is 388 g/mol. The molecule has 4 rings (SSSR count). The molecule has 3 aromatic rings. The van der Waals surface area contributed by atoms with Crippen LogP contribution < -0.4 is 9.81 Å². The highest BCUT2D eigenvalue weighted by Gasteiger charge is 2.20. The Kier molecular flexibility index (Phi) is 4.47. The van der Waals surface area contributed by atoms with Gasteiger partial charge in [-0.3, -0.25) is 0 Å². The standard InChI is InChI=1S/C20H17FO5S/c21-13-6-9-15(10-7-13)27(23,24)26-14-8-11-17-16-4-2-1-3-5-18(16)20(22)25-19(17)12-14/h6-12H,1-5H2. The van der Waals surface area contributed by atoms with Crippen LogP contribution in [0, 0.1) is 5.82 Å². The van der Waals surface area contributed by atoms with Gasteiger partial charge in [0.2, 0.25) is 0 Å². The van der Waals surface area contributed by atoms with Crippen LogP contribution in [0.1, 0.15) is 30.4 Å². The van der Waals surface area contributed by atoms with Gasteiger partial charge in [-0.2, -0.15) is 8.42 Å². The van der Waals surface area contributed by atoms with Crippen LogP contribution >= 0.6 is 0 Å². The van der Waals surface area contributed by atoms with Gasteiger partial charge in [-0.05, 0) is 67.6 Å². The maximum Gasteiger partial charge on any atom is 0.339 e. The van der Waals surface area contributed by atoms with E-state index in [9.17, 15) is 17.6 Å². The van der Waals surface area contributed by atoms with Crippen LogP contribution in [0.15, 0.2) is 56.6 Å². The van der Waals surface area contributed by atoms with Crippen molar-refractivity contribution in [2.24, 2.45) is 0 Å². The highest BCUT2D eigenvalue weighted by Crippen LogP contribution is 2.29. The second kappa shape index (κ2) is 6.81. The molecule has 0 atom stereocenters. The van der Waals surface area contributed by atoms with E-state index in [1.807, 2.05) is 0 Å². The molecule has 0 saturated carbocycles. The Balaban J connectivity index is 1.74. The van der Waals surface area contributed by atoms with Gasteiger partial charge in [0, 0.05) is 17.0 Å². The maximum absolute atomic E-state index is 13.0. The molecule has 5 nitrogen and oxygen atoms in total. The molecule has 0 aliphatic heterocycles. The molecule has 1 heterocycles. The van der Waals surface area contributed by atoms with Gasteiger partial charge in [-0.25, -0.2) is 9.18 Å². The first-order chi connectivity index (χ1) is 12.9. The molecule has 7 heteroatoms. The molecule has 2 aromatic carbocycles. The number of hydrogen-bond donors (Lipinski definition) is 0. The molecule has 1 aliphatic rings. The summed E-state index contributed by atoms with van der Waals surface area (Å²) in [5, 5.41) is 0.804. The van der Waals surface area contributed by atoms with Gasteiger partial charge in [-0.1, -0.05) is 6.42 Å². The lowest BCUT2D eigenvalue weighted by Gasteiger charge is -2.11. The zero-order valence-electron chi connectivity index (χ0n) is 14.4. The smallest absolute Gasteiger partial charge is 0.339 e. The molecule has 0 spiro atoms. The van der Waals surface area contributed by atoms with E-state index in [1.165, 1.54) is 12.1 Å². The van der Waals surface area contributed by atoms with Gasteiger partial charge >= 0.3 is 15.7 Å². The van der Waals surface area contributed by atoms with Crippen molar-refractivity contribution in [3.8, 4) is 5.75 Å². The lowest BCUT2D eigenvalue weighted by molar-refractivity contribution is 0.484. The number of benzene rings is 2. The van der Waals surface area contributed by atoms with Crippen molar-refractivity contribution >= 4 is 21.1 Å². The normalized spacial score (nSPS) is 14.6. The lowest BCUT2D eigenvalue weighted by atomic mass is 10.0. The Morgan fingerprint density at radius 2 is 1.63 bits per heavy atom. The molecular formula is C20H17FO5S. The molecule has 1 aromatic heterocycles. The van der Waals surface area contributed by atoms with E-state index in [1.54, 1.807) is 6.07 Å². The van der Waals surface area contributed by atoms with Crippen molar-refractivity contribution in [3.05, 3.63) is 69.8 Å². The minimum absolute atomic E-state index is 0.0311. The van der Waals surface area contributed by atoms with Gasteiger partial charge in [0.05, 0.1) is 0 Å². The second-order valence-electron chi connectivity index (χ2n) is 6.56. The first-order valence-corrected chi connectivity index (χ1v) is 10.1. The van der Waals surface area contributed by atoms with Gasteiger partial charge in [0.25, 0.3) is 0 Å². The van der Waals surface area contributed by atoms with Crippen molar-refractivity contribution in [2.45, 2.75) is 37.0 Å². The number of hydrogen-bond acceptors (Lipinski definition) is 5. The Morgan fingerprint density at radius 3 is 2.37 bits per heavy atom. The Hall–Kier alpha value is -2.67. The van der Waals surface area contributed by atoms with Gasteiger partial charge in [0.1, 0.15) is 22.0 Å². The summed E-state index contributed by atoms with van der Waals surface area (Å²) in [6, 6.07) is 9.02. The van der Waals surface area contributed by atoms with Crippen LogP contribution in [-0.2, 0) is 23.0 Å². The molecule has 0 saturated heterocycles. The van der Waals surface area contributed by atoms with E-state index in [2.05, 4.69) is 0 Å². The van der Waals surface area contributed by atoms with Crippen molar-refractivity contribution in [1.82, 2.24) is 0 Å². The second-order valence-corrected chi connectivity index (χ2v) is 8.10. The molecule has 0 unspecified atom stereocenters. The molecule has 0 radical (unpaired) electrons. The van der Waals surface area contributed by atoms with Crippen molar-refractivity contribution in [2.75, 3.05) is 0 Å². The summed E-state index contributed by atoms with van der Waals surface area (Å²) in [5.41, 5.74) is 1.62. The van der Waals surface area contributed by atoms with E-state index in [4.69, 9.17) is 8.60 Å². The predicted octanol–water partition coefficient (Wildman–Crippen LogP) is 3.97. The molecule has 1 aliphatic carbocycles. The molecule has 0 fully saturated rings. The number of halogens is 1. The van der Waals surface area contributed by atoms with Crippen LogP contribution in [0.3, 0.4) is 0 Å². The minimum Gasteiger partial charge on any atom is -0.422 e. The number of rotatable bonds is 3. The summed E-state index contributed by atoms with van der Waals surface area (Å²) >= 11 is 0. The van der Waals surface area contributed by atoms with Crippen molar-refractivity contribution < 1.29 is 21.4 Å². The van der Waals surface area contributed by atoms with Gasteiger partial charge in [-0.15, -0.1) is 0 Å². The number of fused-ring (bicyclic) bond motifs is 3. The lowest BCUT2D eigenvalue weighted by Crippen LogP contribution is -2.12. The SMILES string of the molecule is O=c1oc2cc(OS(=O)(=O)c3ccc(F)cc3)ccc2c2c1CCCCC2. The van der Waals surface area contributed by atoms with Gasteiger partial charge < -0.3 is 8.60 Å². The summed E-state index contributed by atoms with van der Waals surface area (Å²) in [7, 11) is -4.12. The monoisotopic (exact) mass is 388 g/mol. The summed E-state index contributed by atoms with van der Waals surface area (Å²) in [5.74, 6) is -0.509. The molecule has 0 bridgehead atoms. The highest BCUT2D eigenvalue weighted by atomic mass is 32.2. The zero-order chi connectivity index (χ0) is 19.0. The van der Waals surface area contributed by atoms with E-state index >= 15 is 0 Å². The third kappa shape index (κ3) is 3.47. The average Bonchev–Trinajstić information content (AvgIpc) is 2.88. The molecule has 0 N–H and O–H groups in total. The Morgan fingerprint density at radius 1 is 0.926 bits per heavy atom. The molecular weight excluding hydrogens is 371 g/mol. The third-order valence-electron chi connectivity index (χ3n) is 4.75. The summed E-state index contributed by atoms with van der Waals surface area (Å²) in [6.45, 7) is 0. The fourth-order valence-electron chi connectivity index (χ4n) is 3.43. The predicted molar refractivity (Wildman–Crippen MR) is 98.0 cm³/mol. The van der Waals surface area contributed by atoms with E-state index in [0.717, 1.165) is 60.9 Å². The van der Waals surface area contributed by atoms with Crippen molar-refractivity contribution in [3.63, 3.8) is 0 Å². The summed E-state index contributed by atoms with van der Waals surface area (Å²) in [4.78, 5) is 12.2. The minimum atomic E-state index is -4.12. The largest absolute Gasteiger partial charge is 0.422 e. The fourth-order valence-corrected chi connectivity index (χ4v) is 4.35. The topological polar surface area (TPSA) is 73.6 Å². The zero-order valence-corrected chi connectivity index (χ0v) is 15.2. The fraction of sp³-hybridized carbons (Fsp3) is 0.250. The summed E-state index contributed by atoms with van der Waals surface area (Å²) < 4.78 is 48.3. The van der Waals surface area contributed by atoms with Gasteiger partial charge in [0.15, 0.2) is 0 Å². The van der Waals surface area contributed by atoms with E-state index in [0.29, 0.717) is 17.6 Å². The Bertz CT molecular complexity index is 1160. The first kappa shape index (κ1) is 17.7. The van der Waals surface area contributed by atoms with Crippen LogP contribution in [0.25, 0.3) is 11.0 Å². The van der Waals surface area contributed by atoms with Crippen LogP contribution in [-0.4, -0.2) is 8.42 Å². The molecule has 27 heavy (non-hydrogen) atoms. The molecule has 0 amide bonds. The van der Waals surface area contributed by atoms with Crippen LogP contribution in [0.4, 0.5) is 4.39 Å². The maximum atomic E-state index is 13.0. The van der Waals surface area contributed by atoms with E-state index in [-0.39, 0.29) is 16.3 Å². The van der Waals surface area contributed by atoms with Crippen LogP contribution in [0.5, 0.6) is 5.75 Å². The van der Waals surface area contributed by atoms with E-state index < -0.39 is 15.9 Å². The quantitative estimate of drug-likeness (QED) is 0.386. The third-order valence-corrected chi connectivity index (χ3v) is 6.01. The number of aryl methyl sites for hydroxylation is 1.